The molecule has 34 heavy (non-hydrogen) atoms. The summed E-state index contributed by atoms with van der Waals surface area (Å²) >= 11 is 6.06. The van der Waals surface area contributed by atoms with Gasteiger partial charge in [0.25, 0.3) is 0 Å². The van der Waals surface area contributed by atoms with Crippen LogP contribution in [0.2, 0.25) is 5.02 Å². The number of anilines is 1. The average Bonchev–Trinajstić information content (AvgIpc) is 3.41. The van der Waals surface area contributed by atoms with Gasteiger partial charge in [-0.1, -0.05) is 29.8 Å². The van der Waals surface area contributed by atoms with Crippen molar-refractivity contribution in [1.29, 1.82) is 0 Å². The van der Waals surface area contributed by atoms with Crippen molar-refractivity contribution in [2.45, 2.75) is 56.9 Å². The SMILES string of the molecule is CC(C)(C)n1ccc(C2C[C@@H](C(=O)Nc3cccc(C(F)(F)F)c3)N[C@H]2c2ccc(Cl)cc2)n1. The molecule has 1 aliphatic rings. The summed E-state index contributed by atoms with van der Waals surface area (Å²) in [4.78, 5) is 13.0. The first-order valence-corrected chi connectivity index (χ1v) is 11.4. The third kappa shape index (κ3) is 5.28. The molecule has 2 N–H and O–H groups in total. The van der Waals surface area contributed by atoms with Gasteiger partial charge in [0.1, 0.15) is 0 Å². The Balaban J connectivity index is 1.59. The Morgan fingerprint density at radius 1 is 1.12 bits per heavy atom. The summed E-state index contributed by atoms with van der Waals surface area (Å²) < 4.78 is 41.1. The van der Waals surface area contributed by atoms with E-state index in [4.69, 9.17) is 16.7 Å². The number of hydrogen-bond donors (Lipinski definition) is 2. The second-order valence-electron chi connectivity index (χ2n) is 9.51. The normalized spacial score (nSPS) is 21.0. The number of halogens is 4. The van der Waals surface area contributed by atoms with Crippen LogP contribution >= 0.6 is 11.6 Å². The Morgan fingerprint density at radius 2 is 1.82 bits per heavy atom. The van der Waals surface area contributed by atoms with Crippen molar-refractivity contribution >= 4 is 23.2 Å². The number of carbonyl (C=O) groups is 1. The van der Waals surface area contributed by atoms with Gasteiger partial charge in [0.15, 0.2) is 0 Å². The molecule has 1 saturated heterocycles. The van der Waals surface area contributed by atoms with Gasteiger partial charge >= 0.3 is 6.18 Å². The first-order valence-electron chi connectivity index (χ1n) is 11.0. The summed E-state index contributed by atoms with van der Waals surface area (Å²) in [7, 11) is 0. The lowest BCUT2D eigenvalue weighted by molar-refractivity contribution is -0.137. The van der Waals surface area contributed by atoms with Crippen LogP contribution in [0.15, 0.2) is 60.8 Å². The number of hydrogen-bond acceptors (Lipinski definition) is 3. The second kappa shape index (κ2) is 9.07. The van der Waals surface area contributed by atoms with Crippen molar-refractivity contribution in [3.63, 3.8) is 0 Å². The maximum Gasteiger partial charge on any atom is 0.416 e. The van der Waals surface area contributed by atoms with Gasteiger partial charge in [0, 0.05) is 28.9 Å². The van der Waals surface area contributed by atoms with Crippen LogP contribution in [0.5, 0.6) is 0 Å². The Morgan fingerprint density at radius 3 is 2.44 bits per heavy atom. The summed E-state index contributed by atoms with van der Waals surface area (Å²) in [6.45, 7) is 6.16. The summed E-state index contributed by atoms with van der Waals surface area (Å²) in [5.74, 6) is -0.502. The smallest absolute Gasteiger partial charge is 0.325 e. The van der Waals surface area contributed by atoms with Gasteiger partial charge in [-0.3, -0.25) is 14.8 Å². The predicted molar refractivity (Wildman–Crippen MR) is 126 cm³/mol. The maximum atomic E-state index is 13.1. The van der Waals surface area contributed by atoms with Crippen LogP contribution in [0.4, 0.5) is 18.9 Å². The van der Waals surface area contributed by atoms with Crippen LogP contribution in [-0.2, 0) is 16.5 Å². The number of carbonyl (C=O) groups excluding carboxylic acids is 1. The summed E-state index contributed by atoms with van der Waals surface area (Å²) in [6.07, 6.45) is -2.12. The minimum absolute atomic E-state index is 0.102. The Bertz CT molecular complexity index is 1170. The number of nitrogens with zero attached hydrogens (tertiary/aromatic N) is 2. The minimum Gasteiger partial charge on any atom is -0.325 e. The number of nitrogens with one attached hydrogen (secondary N) is 2. The number of aromatic nitrogens is 2. The molecule has 2 heterocycles. The number of rotatable bonds is 4. The third-order valence-electron chi connectivity index (χ3n) is 5.95. The van der Waals surface area contributed by atoms with Gasteiger partial charge in [-0.25, -0.2) is 0 Å². The van der Waals surface area contributed by atoms with Crippen LogP contribution in [-0.4, -0.2) is 21.7 Å². The molecule has 0 spiro atoms. The summed E-state index contributed by atoms with van der Waals surface area (Å²) in [5.41, 5.74) is 0.894. The van der Waals surface area contributed by atoms with E-state index in [9.17, 15) is 18.0 Å². The summed E-state index contributed by atoms with van der Waals surface area (Å²) in [6, 6.07) is 13.2. The first-order chi connectivity index (χ1) is 15.9. The van der Waals surface area contributed by atoms with Crippen LogP contribution < -0.4 is 10.6 Å². The van der Waals surface area contributed by atoms with E-state index in [2.05, 4.69) is 31.4 Å². The minimum atomic E-state index is -4.48. The largest absolute Gasteiger partial charge is 0.416 e. The zero-order valence-corrected chi connectivity index (χ0v) is 19.8. The van der Waals surface area contributed by atoms with Gasteiger partial charge in [-0.05, 0) is 69.2 Å². The van der Waals surface area contributed by atoms with E-state index in [-0.39, 0.29) is 23.2 Å². The standard InChI is InChI=1S/C25H26ClF3N4O/c1-24(2,3)33-12-11-20(32-33)19-14-21(31-22(19)15-7-9-17(26)10-8-15)23(34)30-18-6-4-5-16(13-18)25(27,28)29/h4-13,19,21-22,31H,14H2,1-3H3,(H,30,34)/t19?,21-,22-/m0/s1. The lowest BCUT2D eigenvalue weighted by atomic mass is 9.90. The second-order valence-corrected chi connectivity index (χ2v) is 9.95. The highest BCUT2D eigenvalue weighted by molar-refractivity contribution is 6.30. The molecule has 1 fully saturated rings. The fourth-order valence-corrected chi connectivity index (χ4v) is 4.30. The molecule has 0 aliphatic carbocycles. The van der Waals surface area contributed by atoms with E-state index in [0.717, 1.165) is 23.4 Å². The van der Waals surface area contributed by atoms with Gasteiger partial charge in [0.2, 0.25) is 5.91 Å². The van der Waals surface area contributed by atoms with Gasteiger partial charge < -0.3 is 5.32 Å². The number of amides is 1. The zero-order chi connectivity index (χ0) is 24.7. The molecular formula is C25H26ClF3N4O. The van der Waals surface area contributed by atoms with Gasteiger partial charge in [0.05, 0.1) is 22.8 Å². The molecule has 0 saturated carbocycles. The van der Waals surface area contributed by atoms with Crippen LogP contribution in [0, 0.1) is 0 Å². The van der Waals surface area contributed by atoms with E-state index in [0.29, 0.717) is 11.4 Å². The third-order valence-corrected chi connectivity index (χ3v) is 6.20. The summed E-state index contributed by atoms with van der Waals surface area (Å²) in [5, 5.41) is 11.4. The average molecular weight is 491 g/mol. The fraction of sp³-hybridized carbons (Fsp3) is 0.360. The molecule has 5 nitrogen and oxygen atoms in total. The molecule has 9 heteroatoms. The van der Waals surface area contributed by atoms with E-state index in [1.807, 2.05) is 29.1 Å². The lowest BCUT2D eigenvalue weighted by Gasteiger charge is -2.21. The molecule has 0 bridgehead atoms. The molecule has 1 aromatic heterocycles. The molecular weight excluding hydrogens is 465 g/mol. The predicted octanol–water partition coefficient (Wildman–Crippen LogP) is 6.14. The highest BCUT2D eigenvalue weighted by Crippen LogP contribution is 2.40. The monoisotopic (exact) mass is 490 g/mol. The topological polar surface area (TPSA) is 59.0 Å². The van der Waals surface area contributed by atoms with Crippen molar-refractivity contribution in [3.05, 3.63) is 82.6 Å². The molecule has 0 radical (unpaired) electrons. The van der Waals surface area contributed by atoms with E-state index in [1.165, 1.54) is 12.1 Å². The van der Waals surface area contributed by atoms with Crippen LogP contribution in [0.25, 0.3) is 0 Å². The fourth-order valence-electron chi connectivity index (χ4n) is 4.18. The zero-order valence-electron chi connectivity index (χ0n) is 19.0. The molecule has 3 atom stereocenters. The number of benzene rings is 2. The molecule has 4 rings (SSSR count). The van der Waals surface area contributed by atoms with E-state index >= 15 is 0 Å². The molecule has 2 aromatic carbocycles. The van der Waals surface area contributed by atoms with E-state index < -0.39 is 23.7 Å². The highest BCUT2D eigenvalue weighted by atomic mass is 35.5. The quantitative estimate of drug-likeness (QED) is 0.462. The maximum absolute atomic E-state index is 13.1. The van der Waals surface area contributed by atoms with Gasteiger partial charge in [-0.2, -0.15) is 18.3 Å². The Kier molecular flexibility index (Phi) is 6.48. The van der Waals surface area contributed by atoms with Crippen LogP contribution in [0.3, 0.4) is 0 Å². The van der Waals surface area contributed by atoms with Crippen molar-refractivity contribution in [2.75, 3.05) is 5.32 Å². The first kappa shape index (κ1) is 24.3. The Hall–Kier alpha value is -2.84. The highest BCUT2D eigenvalue weighted by Gasteiger charge is 2.40. The van der Waals surface area contributed by atoms with Crippen molar-refractivity contribution in [1.82, 2.24) is 15.1 Å². The number of alkyl halides is 3. The molecule has 180 valence electrons. The molecule has 1 aliphatic heterocycles. The van der Waals surface area contributed by atoms with Gasteiger partial charge in [-0.15, -0.1) is 0 Å². The van der Waals surface area contributed by atoms with Crippen molar-refractivity contribution in [3.8, 4) is 0 Å². The van der Waals surface area contributed by atoms with Crippen LogP contribution in [0.1, 0.15) is 56.0 Å². The van der Waals surface area contributed by atoms with E-state index in [1.54, 1.807) is 12.1 Å². The van der Waals surface area contributed by atoms with Crippen molar-refractivity contribution < 1.29 is 18.0 Å². The molecule has 1 amide bonds. The Labute approximate surface area is 201 Å². The molecule has 3 aromatic rings. The molecule has 1 unspecified atom stereocenters. The lowest BCUT2D eigenvalue weighted by Crippen LogP contribution is -2.36. The van der Waals surface area contributed by atoms with Crippen molar-refractivity contribution in [2.24, 2.45) is 0 Å².